The van der Waals surface area contributed by atoms with E-state index in [-0.39, 0.29) is 17.7 Å². The van der Waals surface area contributed by atoms with Gasteiger partial charge in [0.15, 0.2) is 0 Å². The van der Waals surface area contributed by atoms with Crippen molar-refractivity contribution in [3.05, 3.63) is 75.1 Å². The molecular weight excluding hydrogens is 490 g/mol. The number of benzene rings is 3. The molecule has 0 aromatic heterocycles. The van der Waals surface area contributed by atoms with Crippen LogP contribution in [0.3, 0.4) is 0 Å². The van der Waals surface area contributed by atoms with Crippen molar-refractivity contribution in [3.8, 4) is 11.5 Å². The fourth-order valence-corrected chi connectivity index (χ4v) is 4.78. The smallest absolute Gasteiger partial charge is 0.293 e. The number of ether oxygens (including phenoxy) is 2. The molecule has 0 atom stereocenters. The summed E-state index contributed by atoms with van der Waals surface area (Å²) < 4.78 is 12.4. The Morgan fingerprint density at radius 1 is 1.00 bits per heavy atom. The molecule has 0 saturated carbocycles. The lowest BCUT2D eigenvalue weighted by Gasteiger charge is -2.14. The molecule has 32 heavy (non-hydrogen) atoms. The van der Waals surface area contributed by atoms with E-state index in [1.54, 1.807) is 6.08 Å². The van der Waals surface area contributed by atoms with Crippen LogP contribution in [-0.2, 0) is 11.3 Å². The van der Waals surface area contributed by atoms with Crippen LogP contribution < -0.4 is 9.47 Å². The number of fused-ring (bicyclic) bond motifs is 1. The maximum Gasteiger partial charge on any atom is 0.293 e. The fraction of sp³-hybridized carbons (Fsp3) is 0.200. The number of imide groups is 1. The van der Waals surface area contributed by atoms with Crippen LogP contribution in [0.5, 0.6) is 11.5 Å². The van der Waals surface area contributed by atoms with Crippen LogP contribution in [-0.4, -0.2) is 29.3 Å². The molecule has 1 aliphatic heterocycles. The molecule has 1 heterocycles. The minimum absolute atomic E-state index is 0.214. The molecular formula is C25H22BrNO4S. The number of nitrogens with zero attached hydrogens (tertiary/aromatic N) is 1. The summed E-state index contributed by atoms with van der Waals surface area (Å²) in [6, 6.07) is 17.3. The van der Waals surface area contributed by atoms with E-state index in [4.69, 9.17) is 9.47 Å². The number of halogens is 1. The summed E-state index contributed by atoms with van der Waals surface area (Å²) in [4.78, 5) is 27.5. The number of thioether (sulfide) groups is 1. The van der Waals surface area contributed by atoms with E-state index in [1.165, 1.54) is 4.90 Å². The molecule has 5 nitrogen and oxygen atoms in total. The lowest BCUT2D eigenvalue weighted by molar-refractivity contribution is -0.123. The normalized spacial score (nSPS) is 15.1. The van der Waals surface area contributed by atoms with Gasteiger partial charge in [-0.2, -0.15) is 0 Å². The highest BCUT2D eigenvalue weighted by atomic mass is 79.9. The molecule has 0 spiro atoms. The zero-order valence-electron chi connectivity index (χ0n) is 17.8. The van der Waals surface area contributed by atoms with Gasteiger partial charge in [0, 0.05) is 10.0 Å². The number of amides is 2. The minimum atomic E-state index is -0.309. The van der Waals surface area contributed by atoms with Gasteiger partial charge in [-0.3, -0.25) is 14.5 Å². The van der Waals surface area contributed by atoms with Crippen LogP contribution in [0, 0.1) is 0 Å². The molecule has 2 amide bonds. The topological polar surface area (TPSA) is 55.8 Å². The Morgan fingerprint density at radius 2 is 1.75 bits per heavy atom. The summed E-state index contributed by atoms with van der Waals surface area (Å²) in [7, 11) is 0. The molecule has 1 fully saturated rings. The number of carbonyl (C=O) groups is 2. The molecule has 4 rings (SSSR count). The number of hydrogen-bond acceptors (Lipinski definition) is 5. The number of hydrogen-bond donors (Lipinski definition) is 0. The average Bonchev–Trinajstić information content (AvgIpc) is 3.04. The minimum Gasteiger partial charge on any atom is -0.494 e. The van der Waals surface area contributed by atoms with Gasteiger partial charge in [0.1, 0.15) is 11.5 Å². The van der Waals surface area contributed by atoms with Gasteiger partial charge >= 0.3 is 0 Å². The van der Waals surface area contributed by atoms with Gasteiger partial charge in [0.05, 0.1) is 24.7 Å². The van der Waals surface area contributed by atoms with Crippen molar-refractivity contribution in [2.24, 2.45) is 0 Å². The summed E-state index contributed by atoms with van der Waals surface area (Å²) in [5, 5.41) is 1.61. The molecule has 3 aromatic rings. The van der Waals surface area contributed by atoms with Crippen LogP contribution in [0.1, 0.15) is 25.0 Å². The van der Waals surface area contributed by atoms with Crippen molar-refractivity contribution >= 4 is 55.7 Å². The van der Waals surface area contributed by atoms with E-state index in [0.29, 0.717) is 23.9 Å². The van der Waals surface area contributed by atoms with Gasteiger partial charge in [0.25, 0.3) is 11.1 Å². The maximum atomic E-state index is 13.1. The quantitative estimate of drug-likeness (QED) is 0.333. The Kier molecular flexibility index (Phi) is 6.86. The van der Waals surface area contributed by atoms with Crippen LogP contribution in [0.25, 0.3) is 16.8 Å². The maximum absolute atomic E-state index is 13.1. The Bertz CT molecular complexity index is 1220. The summed E-state index contributed by atoms with van der Waals surface area (Å²) in [6.07, 6.45) is 1.76. The first-order valence-electron chi connectivity index (χ1n) is 10.3. The first-order valence-corrected chi connectivity index (χ1v) is 11.9. The predicted molar refractivity (Wildman–Crippen MR) is 132 cm³/mol. The zero-order chi connectivity index (χ0) is 22.7. The molecule has 164 valence electrons. The molecule has 3 aromatic carbocycles. The third kappa shape index (κ3) is 4.54. The second-order valence-electron chi connectivity index (χ2n) is 7.09. The van der Waals surface area contributed by atoms with Crippen molar-refractivity contribution < 1.29 is 19.1 Å². The third-order valence-electron chi connectivity index (χ3n) is 5.04. The molecule has 1 saturated heterocycles. The average molecular weight is 512 g/mol. The highest BCUT2D eigenvalue weighted by Crippen LogP contribution is 2.38. The van der Waals surface area contributed by atoms with Gasteiger partial charge in [-0.05, 0) is 72.3 Å². The van der Waals surface area contributed by atoms with Gasteiger partial charge < -0.3 is 9.47 Å². The van der Waals surface area contributed by atoms with Gasteiger partial charge in [-0.15, -0.1) is 0 Å². The van der Waals surface area contributed by atoms with E-state index < -0.39 is 0 Å². The van der Waals surface area contributed by atoms with E-state index >= 15 is 0 Å². The van der Waals surface area contributed by atoms with Gasteiger partial charge in [0.2, 0.25) is 0 Å². The van der Waals surface area contributed by atoms with Crippen LogP contribution in [0.4, 0.5) is 4.79 Å². The van der Waals surface area contributed by atoms with Crippen molar-refractivity contribution in [1.82, 2.24) is 4.90 Å². The SMILES string of the molecule is CCOc1ccc2ccc(OCC)c(/C=C3\SC(=O)N(Cc4ccccc4Br)C3=O)c2c1. The molecule has 0 unspecified atom stereocenters. The van der Waals surface area contributed by atoms with E-state index in [0.717, 1.165) is 43.9 Å². The standard InChI is InChI=1S/C25H22BrNO4S/c1-3-30-18-11-9-16-10-12-22(31-4-2)20(19(16)13-18)14-23-24(28)27(25(29)32-23)15-17-7-5-6-8-21(17)26/h5-14H,3-4,15H2,1-2H3/b23-14-. The molecule has 0 aliphatic carbocycles. The predicted octanol–water partition coefficient (Wildman–Crippen LogP) is 6.64. The monoisotopic (exact) mass is 511 g/mol. The first kappa shape index (κ1) is 22.4. The number of rotatable bonds is 7. The lowest BCUT2D eigenvalue weighted by atomic mass is 10.0. The highest BCUT2D eigenvalue weighted by Gasteiger charge is 2.35. The second-order valence-corrected chi connectivity index (χ2v) is 8.93. The first-order chi connectivity index (χ1) is 15.5. The van der Waals surface area contributed by atoms with E-state index in [2.05, 4.69) is 15.9 Å². The van der Waals surface area contributed by atoms with Crippen LogP contribution in [0.15, 0.2) is 64.0 Å². The van der Waals surface area contributed by atoms with Crippen LogP contribution >= 0.6 is 27.7 Å². The van der Waals surface area contributed by atoms with Crippen molar-refractivity contribution in [3.63, 3.8) is 0 Å². The highest BCUT2D eigenvalue weighted by molar-refractivity contribution is 9.10. The Morgan fingerprint density at radius 3 is 2.50 bits per heavy atom. The largest absolute Gasteiger partial charge is 0.494 e. The van der Waals surface area contributed by atoms with Crippen molar-refractivity contribution in [2.45, 2.75) is 20.4 Å². The molecule has 0 radical (unpaired) electrons. The Balaban J connectivity index is 1.75. The van der Waals surface area contributed by atoms with Crippen molar-refractivity contribution in [2.75, 3.05) is 13.2 Å². The van der Waals surface area contributed by atoms with Crippen molar-refractivity contribution in [1.29, 1.82) is 0 Å². The summed E-state index contributed by atoms with van der Waals surface area (Å²) in [5.41, 5.74) is 1.63. The Labute approximate surface area is 199 Å². The van der Waals surface area contributed by atoms with E-state index in [9.17, 15) is 9.59 Å². The summed E-state index contributed by atoms with van der Waals surface area (Å²) in [5.74, 6) is 1.09. The summed E-state index contributed by atoms with van der Waals surface area (Å²) >= 11 is 4.43. The molecule has 0 bridgehead atoms. The van der Waals surface area contributed by atoms with Crippen LogP contribution in [0.2, 0.25) is 0 Å². The Hall–Kier alpha value is -2.77. The van der Waals surface area contributed by atoms with Gasteiger partial charge in [-0.25, -0.2) is 0 Å². The fourth-order valence-electron chi connectivity index (χ4n) is 3.55. The van der Waals surface area contributed by atoms with Gasteiger partial charge in [-0.1, -0.05) is 46.3 Å². The molecule has 0 N–H and O–H groups in total. The summed E-state index contributed by atoms with van der Waals surface area (Å²) in [6.45, 7) is 5.10. The third-order valence-corrected chi connectivity index (χ3v) is 6.72. The lowest BCUT2D eigenvalue weighted by Crippen LogP contribution is -2.27. The zero-order valence-corrected chi connectivity index (χ0v) is 20.2. The number of carbonyl (C=O) groups excluding carboxylic acids is 2. The second kappa shape index (κ2) is 9.79. The van der Waals surface area contributed by atoms with E-state index in [1.807, 2.05) is 68.4 Å². The molecule has 7 heteroatoms. The molecule has 1 aliphatic rings.